The molecule has 1 saturated heterocycles. The topological polar surface area (TPSA) is 29.5 Å². The van der Waals surface area contributed by atoms with Crippen LogP contribution in [-0.2, 0) is 11.3 Å². The minimum atomic E-state index is 0.200. The molecule has 1 unspecified atom stereocenters. The van der Waals surface area contributed by atoms with Gasteiger partial charge in [0.05, 0.1) is 6.61 Å². The zero-order chi connectivity index (χ0) is 13.0. The zero-order valence-corrected chi connectivity index (χ0v) is 10.8. The van der Waals surface area contributed by atoms with Gasteiger partial charge in [-0.25, -0.2) is 0 Å². The fourth-order valence-electron chi connectivity index (χ4n) is 2.25. The van der Waals surface area contributed by atoms with Crippen molar-refractivity contribution in [3.63, 3.8) is 0 Å². The summed E-state index contributed by atoms with van der Waals surface area (Å²) >= 11 is 0. The molecular weight excluding hydrogens is 226 g/mol. The number of ether oxygens (including phenoxy) is 1. The Morgan fingerprint density at radius 1 is 1.50 bits per heavy atom. The average molecular weight is 245 g/mol. The number of para-hydroxylation sites is 1. The van der Waals surface area contributed by atoms with Crippen LogP contribution in [0.1, 0.15) is 18.9 Å². The molecule has 0 radical (unpaired) electrons. The largest absolute Gasteiger partial charge is 0.494 e. The number of carbonyl (C=O) groups is 1. The summed E-state index contributed by atoms with van der Waals surface area (Å²) in [6, 6.07) is 7.89. The Morgan fingerprint density at radius 2 is 2.28 bits per heavy atom. The first-order chi connectivity index (χ1) is 8.74. The van der Waals surface area contributed by atoms with Crippen LogP contribution < -0.4 is 4.74 Å². The summed E-state index contributed by atoms with van der Waals surface area (Å²) in [5.74, 6) is 1.36. The molecule has 2 rings (SSSR count). The second-order valence-electron chi connectivity index (χ2n) is 4.51. The smallest absolute Gasteiger partial charge is 0.223 e. The molecule has 3 heteroatoms. The molecule has 1 amide bonds. The fourth-order valence-corrected chi connectivity index (χ4v) is 2.25. The molecule has 0 saturated carbocycles. The van der Waals surface area contributed by atoms with E-state index in [0.29, 0.717) is 19.6 Å². The third-order valence-electron chi connectivity index (χ3n) is 3.21. The molecule has 96 valence electrons. The van der Waals surface area contributed by atoms with E-state index in [2.05, 4.69) is 6.58 Å². The first-order valence-electron chi connectivity index (χ1n) is 6.35. The van der Waals surface area contributed by atoms with Crippen molar-refractivity contribution in [3.05, 3.63) is 42.5 Å². The normalized spacial score (nSPS) is 19.1. The number of benzene rings is 1. The number of hydrogen-bond donors (Lipinski definition) is 0. The van der Waals surface area contributed by atoms with Gasteiger partial charge in [0.2, 0.25) is 5.91 Å². The monoisotopic (exact) mass is 245 g/mol. The van der Waals surface area contributed by atoms with E-state index in [1.54, 1.807) is 0 Å². The van der Waals surface area contributed by atoms with E-state index in [1.807, 2.05) is 42.2 Å². The molecular formula is C15H19NO2. The number of rotatable bonds is 5. The second-order valence-corrected chi connectivity index (χ2v) is 4.51. The van der Waals surface area contributed by atoms with Crippen LogP contribution in [0.4, 0.5) is 0 Å². The maximum Gasteiger partial charge on any atom is 0.223 e. The van der Waals surface area contributed by atoms with Gasteiger partial charge in [-0.1, -0.05) is 24.3 Å². The van der Waals surface area contributed by atoms with Crippen molar-refractivity contribution < 1.29 is 9.53 Å². The first-order valence-corrected chi connectivity index (χ1v) is 6.35. The predicted octanol–water partition coefficient (Wildman–Crippen LogP) is 2.62. The Balaban J connectivity index is 2.09. The van der Waals surface area contributed by atoms with Crippen molar-refractivity contribution in [2.45, 2.75) is 19.9 Å². The van der Waals surface area contributed by atoms with Crippen molar-refractivity contribution >= 4 is 5.91 Å². The lowest BCUT2D eigenvalue weighted by Crippen LogP contribution is -2.24. The van der Waals surface area contributed by atoms with Gasteiger partial charge in [0.1, 0.15) is 5.75 Å². The summed E-state index contributed by atoms with van der Waals surface area (Å²) < 4.78 is 5.58. The minimum Gasteiger partial charge on any atom is -0.494 e. The number of amides is 1. The van der Waals surface area contributed by atoms with Gasteiger partial charge >= 0.3 is 0 Å². The van der Waals surface area contributed by atoms with Crippen molar-refractivity contribution in [1.82, 2.24) is 4.90 Å². The lowest BCUT2D eigenvalue weighted by molar-refractivity contribution is -0.128. The molecule has 1 aromatic rings. The predicted molar refractivity (Wildman–Crippen MR) is 71.3 cm³/mol. The molecule has 0 bridgehead atoms. The minimum absolute atomic E-state index is 0.200. The van der Waals surface area contributed by atoms with Crippen molar-refractivity contribution in [3.8, 4) is 5.75 Å². The van der Waals surface area contributed by atoms with Crippen LogP contribution in [0.3, 0.4) is 0 Å². The van der Waals surface area contributed by atoms with E-state index >= 15 is 0 Å². The Labute approximate surface area is 108 Å². The lowest BCUT2D eigenvalue weighted by atomic mass is 10.1. The van der Waals surface area contributed by atoms with Gasteiger partial charge in [0, 0.05) is 31.0 Å². The number of hydrogen-bond acceptors (Lipinski definition) is 2. The standard InChI is InChI=1S/C15H19NO2/c1-3-12-9-15(17)16(10-12)11-13-7-5-6-8-14(13)18-4-2/h3,5-8,12H,1,4,9-11H2,2H3. The van der Waals surface area contributed by atoms with Gasteiger partial charge < -0.3 is 9.64 Å². The van der Waals surface area contributed by atoms with E-state index in [-0.39, 0.29) is 11.8 Å². The van der Waals surface area contributed by atoms with E-state index in [0.717, 1.165) is 17.9 Å². The van der Waals surface area contributed by atoms with Crippen LogP contribution in [0.15, 0.2) is 36.9 Å². The third kappa shape index (κ3) is 2.73. The number of carbonyl (C=O) groups excluding carboxylic acids is 1. The van der Waals surface area contributed by atoms with E-state index in [1.165, 1.54) is 0 Å². The highest BCUT2D eigenvalue weighted by atomic mass is 16.5. The van der Waals surface area contributed by atoms with Gasteiger partial charge in [-0.05, 0) is 13.0 Å². The second kappa shape index (κ2) is 5.71. The van der Waals surface area contributed by atoms with Gasteiger partial charge in [-0.15, -0.1) is 6.58 Å². The van der Waals surface area contributed by atoms with E-state index in [4.69, 9.17) is 4.74 Å². The molecule has 1 aliphatic rings. The molecule has 0 aromatic heterocycles. The molecule has 1 fully saturated rings. The van der Waals surface area contributed by atoms with Crippen LogP contribution in [0.2, 0.25) is 0 Å². The van der Waals surface area contributed by atoms with Crippen molar-refractivity contribution in [2.75, 3.05) is 13.2 Å². The SMILES string of the molecule is C=CC1CC(=O)N(Cc2ccccc2OCC)C1. The summed E-state index contributed by atoms with van der Waals surface area (Å²) in [5, 5.41) is 0. The van der Waals surface area contributed by atoms with Gasteiger partial charge in [0.15, 0.2) is 0 Å². The van der Waals surface area contributed by atoms with Crippen LogP contribution in [0.25, 0.3) is 0 Å². The average Bonchev–Trinajstić information content (AvgIpc) is 2.73. The molecule has 0 spiro atoms. The third-order valence-corrected chi connectivity index (χ3v) is 3.21. The molecule has 1 aromatic carbocycles. The number of nitrogens with zero attached hydrogens (tertiary/aromatic N) is 1. The summed E-state index contributed by atoms with van der Waals surface area (Å²) in [6.45, 7) is 7.76. The van der Waals surface area contributed by atoms with Crippen molar-refractivity contribution in [2.24, 2.45) is 5.92 Å². The van der Waals surface area contributed by atoms with Gasteiger partial charge in [-0.3, -0.25) is 4.79 Å². The van der Waals surface area contributed by atoms with E-state index < -0.39 is 0 Å². The first kappa shape index (κ1) is 12.7. The Bertz CT molecular complexity index is 442. The van der Waals surface area contributed by atoms with Crippen LogP contribution in [0.5, 0.6) is 5.75 Å². The van der Waals surface area contributed by atoms with E-state index in [9.17, 15) is 4.79 Å². The quantitative estimate of drug-likeness (QED) is 0.746. The maximum atomic E-state index is 11.9. The summed E-state index contributed by atoms with van der Waals surface area (Å²) in [7, 11) is 0. The number of likely N-dealkylation sites (tertiary alicyclic amines) is 1. The molecule has 1 aliphatic heterocycles. The highest BCUT2D eigenvalue weighted by Crippen LogP contribution is 2.25. The Hall–Kier alpha value is -1.77. The highest BCUT2D eigenvalue weighted by Gasteiger charge is 2.27. The Kier molecular flexibility index (Phi) is 4.03. The molecule has 0 aliphatic carbocycles. The highest BCUT2D eigenvalue weighted by molar-refractivity contribution is 5.79. The zero-order valence-electron chi connectivity index (χ0n) is 10.8. The lowest BCUT2D eigenvalue weighted by Gasteiger charge is -2.18. The summed E-state index contributed by atoms with van der Waals surface area (Å²) in [5.41, 5.74) is 1.07. The summed E-state index contributed by atoms with van der Waals surface area (Å²) in [6.07, 6.45) is 2.45. The van der Waals surface area contributed by atoms with Gasteiger partial charge in [0.25, 0.3) is 0 Å². The Morgan fingerprint density at radius 3 is 2.94 bits per heavy atom. The molecule has 3 nitrogen and oxygen atoms in total. The molecule has 18 heavy (non-hydrogen) atoms. The molecule has 1 atom stereocenters. The van der Waals surface area contributed by atoms with Gasteiger partial charge in [-0.2, -0.15) is 0 Å². The molecule has 1 heterocycles. The van der Waals surface area contributed by atoms with Crippen LogP contribution in [0, 0.1) is 5.92 Å². The fraction of sp³-hybridized carbons (Fsp3) is 0.400. The van der Waals surface area contributed by atoms with Crippen LogP contribution >= 0.6 is 0 Å². The maximum absolute atomic E-state index is 11.9. The van der Waals surface area contributed by atoms with Crippen molar-refractivity contribution in [1.29, 1.82) is 0 Å². The summed E-state index contributed by atoms with van der Waals surface area (Å²) in [4.78, 5) is 13.7. The van der Waals surface area contributed by atoms with Crippen LogP contribution in [-0.4, -0.2) is 24.0 Å². The molecule has 0 N–H and O–H groups in total.